The van der Waals surface area contributed by atoms with Crippen LogP contribution >= 0.6 is 11.6 Å². The van der Waals surface area contributed by atoms with Crippen LogP contribution in [0.2, 0.25) is 0 Å². The van der Waals surface area contributed by atoms with E-state index in [-0.39, 0.29) is 17.1 Å². The van der Waals surface area contributed by atoms with E-state index in [1.54, 1.807) is 0 Å². The summed E-state index contributed by atoms with van der Waals surface area (Å²) in [6.45, 7) is 1.37. The summed E-state index contributed by atoms with van der Waals surface area (Å²) in [6, 6.07) is 2.49. The Morgan fingerprint density at radius 2 is 2.23 bits per heavy atom. The van der Waals surface area contributed by atoms with Crippen LogP contribution in [0, 0.1) is 22.9 Å². The minimum absolute atomic E-state index is 0.0406. The highest BCUT2D eigenvalue weighted by Gasteiger charge is 2.15. The van der Waals surface area contributed by atoms with Crippen molar-refractivity contribution in [1.82, 2.24) is 0 Å². The maximum Gasteiger partial charge on any atom is 0.275 e. The molecule has 0 amide bonds. The van der Waals surface area contributed by atoms with Crippen LogP contribution in [0.15, 0.2) is 12.1 Å². The molecule has 0 fully saturated rings. The zero-order valence-corrected chi connectivity index (χ0v) is 7.64. The summed E-state index contributed by atoms with van der Waals surface area (Å²) >= 11 is 5.44. The fourth-order valence-corrected chi connectivity index (χ4v) is 1.14. The van der Waals surface area contributed by atoms with Crippen molar-refractivity contribution in [2.24, 2.45) is 0 Å². The second-order valence-electron chi connectivity index (χ2n) is 2.61. The van der Waals surface area contributed by atoms with Crippen molar-refractivity contribution in [2.45, 2.75) is 12.8 Å². The van der Waals surface area contributed by atoms with Gasteiger partial charge < -0.3 is 0 Å². The van der Waals surface area contributed by atoms with Gasteiger partial charge in [-0.05, 0) is 18.6 Å². The lowest BCUT2D eigenvalue weighted by Crippen LogP contribution is -1.96. The van der Waals surface area contributed by atoms with Crippen molar-refractivity contribution in [3.63, 3.8) is 0 Å². The predicted molar refractivity (Wildman–Crippen MR) is 47.3 cm³/mol. The van der Waals surface area contributed by atoms with Crippen molar-refractivity contribution in [3.8, 4) is 0 Å². The van der Waals surface area contributed by atoms with E-state index in [4.69, 9.17) is 11.6 Å². The Bertz CT molecular complexity index is 354. The third-order valence-corrected chi connectivity index (χ3v) is 2.04. The van der Waals surface area contributed by atoms with E-state index < -0.39 is 10.7 Å². The molecule has 0 saturated carbocycles. The quantitative estimate of drug-likeness (QED) is 0.421. The lowest BCUT2D eigenvalue weighted by Gasteiger charge is -2.01. The normalized spacial score (nSPS) is 10.1. The smallest absolute Gasteiger partial charge is 0.258 e. The van der Waals surface area contributed by atoms with Gasteiger partial charge in [0.2, 0.25) is 0 Å². The van der Waals surface area contributed by atoms with E-state index >= 15 is 0 Å². The van der Waals surface area contributed by atoms with Gasteiger partial charge >= 0.3 is 0 Å². The van der Waals surface area contributed by atoms with Gasteiger partial charge in [-0.2, -0.15) is 0 Å². The number of hydrogen-bond donors (Lipinski definition) is 0. The molecular weight excluding hydrogens is 197 g/mol. The first kappa shape index (κ1) is 9.92. The van der Waals surface area contributed by atoms with Crippen LogP contribution in [0.1, 0.15) is 11.1 Å². The van der Waals surface area contributed by atoms with Gasteiger partial charge in [0.25, 0.3) is 5.69 Å². The van der Waals surface area contributed by atoms with Gasteiger partial charge in [-0.1, -0.05) is 0 Å². The summed E-state index contributed by atoms with van der Waals surface area (Å²) < 4.78 is 13.0. The average molecular weight is 204 g/mol. The lowest BCUT2D eigenvalue weighted by atomic mass is 10.1. The Balaban J connectivity index is 3.33. The minimum atomic E-state index is -0.617. The largest absolute Gasteiger partial charge is 0.275 e. The summed E-state index contributed by atoms with van der Waals surface area (Å²) in [5, 5.41) is 10.4. The zero-order chi connectivity index (χ0) is 10.0. The fraction of sp³-hybridized carbons (Fsp3) is 0.250. The number of nitro benzene ring substituents is 1. The topological polar surface area (TPSA) is 43.1 Å². The second kappa shape index (κ2) is 3.70. The number of hydrogen-bond acceptors (Lipinski definition) is 2. The van der Waals surface area contributed by atoms with Crippen LogP contribution in [0.4, 0.5) is 10.1 Å². The molecule has 13 heavy (non-hydrogen) atoms. The minimum Gasteiger partial charge on any atom is -0.258 e. The maximum absolute atomic E-state index is 13.0. The van der Waals surface area contributed by atoms with Crippen LogP contribution in [0.5, 0.6) is 0 Å². The molecular formula is C8H7ClFNO2. The van der Waals surface area contributed by atoms with Gasteiger partial charge in [0.1, 0.15) is 5.82 Å². The van der Waals surface area contributed by atoms with Crippen LogP contribution in [0.3, 0.4) is 0 Å². The highest BCUT2D eigenvalue weighted by atomic mass is 35.5. The molecule has 0 atom stereocenters. The molecule has 1 aromatic rings. The zero-order valence-electron chi connectivity index (χ0n) is 6.88. The van der Waals surface area contributed by atoms with Crippen LogP contribution < -0.4 is 0 Å². The molecule has 1 rings (SSSR count). The Morgan fingerprint density at radius 3 is 2.69 bits per heavy atom. The number of alkyl halides is 1. The van der Waals surface area contributed by atoms with E-state index in [0.29, 0.717) is 5.56 Å². The second-order valence-corrected chi connectivity index (χ2v) is 2.88. The molecule has 0 saturated heterocycles. The average Bonchev–Trinajstić information content (AvgIpc) is 2.09. The third-order valence-electron chi connectivity index (χ3n) is 1.73. The summed E-state index contributed by atoms with van der Waals surface area (Å²) in [4.78, 5) is 9.82. The molecule has 1 aromatic carbocycles. The Hall–Kier alpha value is -1.16. The molecule has 0 N–H and O–H groups in total. The monoisotopic (exact) mass is 203 g/mol. The van der Waals surface area contributed by atoms with Crippen molar-refractivity contribution < 1.29 is 9.31 Å². The molecule has 0 unspecified atom stereocenters. The molecule has 0 aliphatic carbocycles. The van der Waals surface area contributed by atoms with Crippen molar-refractivity contribution in [1.29, 1.82) is 0 Å². The number of benzene rings is 1. The SMILES string of the molecule is Cc1c(F)cc(CCl)cc1[N+](=O)[O-]. The van der Waals surface area contributed by atoms with E-state index in [2.05, 4.69) is 0 Å². The maximum atomic E-state index is 13.0. The van der Waals surface area contributed by atoms with E-state index in [0.717, 1.165) is 0 Å². The van der Waals surface area contributed by atoms with Gasteiger partial charge in [-0.25, -0.2) is 4.39 Å². The molecule has 0 aromatic heterocycles. The van der Waals surface area contributed by atoms with Crippen molar-refractivity contribution in [3.05, 3.63) is 39.2 Å². The number of nitro groups is 1. The molecule has 0 aliphatic rings. The molecule has 0 spiro atoms. The summed E-state index contributed by atoms with van der Waals surface area (Å²) in [7, 11) is 0. The van der Waals surface area contributed by atoms with Crippen LogP contribution in [-0.2, 0) is 5.88 Å². The van der Waals surface area contributed by atoms with Gasteiger partial charge in [-0.3, -0.25) is 10.1 Å². The van der Waals surface area contributed by atoms with E-state index in [1.807, 2.05) is 0 Å². The Labute approximate surface area is 79.3 Å². The van der Waals surface area contributed by atoms with E-state index in [1.165, 1.54) is 19.1 Å². The molecule has 3 nitrogen and oxygen atoms in total. The highest BCUT2D eigenvalue weighted by Crippen LogP contribution is 2.23. The first-order valence-corrected chi connectivity index (χ1v) is 4.09. The molecule has 0 aliphatic heterocycles. The summed E-state index contributed by atoms with van der Waals surface area (Å²) in [5.41, 5.74) is 0.228. The van der Waals surface area contributed by atoms with Crippen LogP contribution in [-0.4, -0.2) is 4.92 Å². The van der Waals surface area contributed by atoms with Gasteiger partial charge in [0.05, 0.1) is 10.5 Å². The Morgan fingerprint density at radius 1 is 1.62 bits per heavy atom. The molecule has 70 valence electrons. The van der Waals surface area contributed by atoms with E-state index in [9.17, 15) is 14.5 Å². The third kappa shape index (κ3) is 1.95. The fourth-order valence-electron chi connectivity index (χ4n) is 0.986. The lowest BCUT2D eigenvalue weighted by molar-refractivity contribution is -0.385. The molecule has 5 heteroatoms. The number of halogens is 2. The predicted octanol–water partition coefficient (Wildman–Crippen LogP) is 2.78. The van der Waals surface area contributed by atoms with Crippen LogP contribution in [0.25, 0.3) is 0 Å². The Kier molecular flexibility index (Phi) is 2.83. The van der Waals surface area contributed by atoms with Gasteiger partial charge in [-0.15, -0.1) is 11.6 Å². The number of rotatable bonds is 2. The highest BCUT2D eigenvalue weighted by molar-refractivity contribution is 6.17. The van der Waals surface area contributed by atoms with Crippen molar-refractivity contribution in [2.75, 3.05) is 0 Å². The summed E-state index contributed by atoms with van der Waals surface area (Å²) in [5.74, 6) is -0.525. The first-order chi connectivity index (χ1) is 6.06. The standard InChI is InChI=1S/C8H7ClFNO2/c1-5-7(10)2-6(4-9)3-8(5)11(12)13/h2-3H,4H2,1H3. The van der Waals surface area contributed by atoms with Gasteiger partial charge in [0.15, 0.2) is 0 Å². The molecule has 0 bridgehead atoms. The van der Waals surface area contributed by atoms with Crippen molar-refractivity contribution >= 4 is 17.3 Å². The molecule has 0 radical (unpaired) electrons. The van der Waals surface area contributed by atoms with Gasteiger partial charge in [0, 0.05) is 11.9 Å². The summed E-state index contributed by atoms with van der Waals surface area (Å²) in [6.07, 6.45) is 0. The first-order valence-electron chi connectivity index (χ1n) is 3.55. The molecule has 0 heterocycles. The number of nitrogens with zero attached hydrogens (tertiary/aromatic N) is 1.